The smallest absolute Gasteiger partial charge is 0.338 e. The molecule has 5 nitrogen and oxygen atoms in total. The first-order chi connectivity index (χ1) is 7.51. The Morgan fingerprint density at radius 3 is 2.69 bits per heavy atom. The molecule has 0 aliphatic carbocycles. The van der Waals surface area contributed by atoms with Gasteiger partial charge in [-0.25, -0.2) is 4.79 Å². The summed E-state index contributed by atoms with van der Waals surface area (Å²) in [6, 6.07) is 1.82. The Morgan fingerprint density at radius 1 is 1.62 bits per heavy atom. The lowest BCUT2D eigenvalue weighted by molar-refractivity contribution is -0.387. The summed E-state index contributed by atoms with van der Waals surface area (Å²) >= 11 is 3.06. The second-order valence-corrected chi connectivity index (χ2v) is 3.40. The van der Waals surface area contributed by atoms with E-state index in [2.05, 4.69) is 20.7 Å². The van der Waals surface area contributed by atoms with Crippen molar-refractivity contribution in [3.05, 3.63) is 39.2 Å². The number of esters is 1. The Morgan fingerprint density at radius 2 is 2.25 bits per heavy atom. The Kier molecular flexibility index (Phi) is 3.94. The zero-order valence-electron chi connectivity index (χ0n) is 8.20. The molecule has 0 aliphatic heterocycles. The number of benzene rings is 1. The summed E-state index contributed by atoms with van der Waals surface area (Å²) in [6.45, 7) is 0. The number of carbonyl (C=O) groups is 1. The van der Waals surface area contributed by atoms with Crippen LogP contribution in [0.3, 0.4) is 0 Å². The molecule has 0 saturated heterocycles. The summed E-state index contributed by atoms with van der Waals surface area (Å²) in [5, 5.41) is 10.7. The van der Waals surface area contributed by atoms with Crippen LogP contribution in [0.2, 0.25) is 0 Å². The first-order valence-corrected chi connectivity index (χ1v) is 5.24. The van der Waals surface area contributed by atoms with Crippen molar-refractivity contribution in [2.24, 2.45) is 0 Å². The van der Waals surface area contributed by atoms with Crippen LogP contribution in [0.25, 0.3) is 0 Å². The predicted octanol–water partition coefficient (Wildman–Crippen LogP) is 2.42. The standard InChI is InChI=1S/C9H7BrFNO4/c1-16-9(13)6-3-8(12(14)15)7(11)2-5(6)4-10/h2-3H,4H2,1H3. The summed E-state index contributed by atoms with van der Waals surface area (Å²) in [5.74, 6) is -1.72. The van der Waals surface area contributed by atoms with Gasteiger partial charge in [-0.15, -0.1) is 0 Å². The van der Waals surface area contributed by atoms with Gasteiger partial charge in [-0.3, -0.25) is 10.1 Å². The molecule has 1 aromatic carbocycles. The third-order valence-corrected chi connectivity index (χ3v) is 2.52. The van der Waals surface area contributed by atoms with E-state index in [9.17, 15) is 19.3 Å². The van der Waals surface area contributed by atoms with Gasteiger partial charge in [0.15, 0.2) is 0 Å². The lowest BCUT2D eigenvalue weighted by atomic mass is 10.1. The molecule has 1 aromatic rings. The molecule has 0 N–H and O–H groups in total. The van der Waals surface area contributed by atoms with Crippen molar-refractivity contribution in [3.8, 4) is 0 Å². The van der Waals surface area contributed by atoms with Gasteiger partial charge in [-0.1, -0.05) is 15.9 Å². The lowest BCUT2D eigenvalue weighted by Crippen LogP contribution is -2.07. The summed E-state index contributed by atoms with van der Waals surface area (Å²) in [6.07, 6.45) is 0. The largest absolute Gasteiger partial charge is 0.465 e. The van der Waals surface area contributed by atoms with Crippen molar-refractivity contribution in [2.75, 3.05) is 7.11 Å². The van der Waals surface area contributed by atoms with Gasteiger partial charge in [0.25, 0.3) is 0 Å². The minimum Gasteiger partial charge on any atom is -0.465 e. The van der Waals surface area contributed by atoms with Gasteiger partial charge in [0, 0.05) is 11.4 Å². The number of nitro groups is 1. The highest BCUT2D eigenvalue weighted by Crippen LogP contribution is 2.24. The molecule has 0 atom stereocenters. The monoisotopic (exact) mass is 291 g/mol. The van der Waals surface area contributed by atoms with Gasteiger partial charge in [-0.05, 0) is 11.6 Å². The van der Waals surface area contributed by atoms with Crippen LogP contribution in [0.5, 0.6) is 0 Å². The van der Waals surface area contributed by atoms with Crippen LogP contribution in [-0.2, 0) is 10.1 Å². The average molecular weight is 292 g/mol. The molecule has 0 radical (unpaired) electrons. The Labute approximate surface area is 98.5 Å². The molecule has 0 amide bonds. The van der Waals surface area contributed by atoms with E-state index in [1.165, 1.54) is 0 Å². The topological polar surface area (TPSA) is 69.4 Å². The van der Waals surface area contributed by atoms with Crippen LogP contribution in [0.4, 0.5) is 10.1 Å². The highest BCUT2D eigenvalue weighted by molar-refractivity contribution is 9.08. The van der Waals surface area contributed by atoms with Gasteiger partial charge in [0.2, 0.25) is 5.82 Å². The van der Waals surface area contributed by atoms with Crippen molar-refractivity contribution < 1.29 is 18.8 Å². The van der Waals surface area contributed by atoms with E-state index in [0.717, 1.165) is 19.2 Å². The number of ether oxygens (including phenoxy) is 1. The first kappa shape index (κ1) is 12.6. The number of alkyl halides is 1. The number of carbonyl (C=O) groups excluding carboxylic acids is 1. The minimum atomic E-state index is -0.980. The Balaban J connectivity index is 3.40. The maximum absolute atomic E-state index is 13.2. The van der Waals surface area contributed by atoms with Crippen molar-refractivity contribution in [1.29, 1.82) is 0 Å². The van der Waals surface area contributed by atoms with Gasteiger partial charge in [0.1, 0.15) is 0 Å². The molecule has 16 heavy (non-hydrogen) atoms. The number of nitro benzene ring substituents is 1. The van der Waals surface area contributed by atoms with Gasteiger partial charge in [0.05, 0.1) is 17.6 Å². The second kappa shape index (κ2) is 5.02. The molecule has 0 fully saturated rings. The summed E-state index contributed by atoms with van der Waals surface area (Å²) in [7, 11) is 1.15. The molecular formula is C9H7BrFNO4. The fraction of sp³-hybridized carbons (Fsp3) is 0.222. The lowest BCUT2D eigenvalue weighted by Gasteiger charge is -2.05. The molecule has 0 aliphatic rings. The van der Waals surface area contributed by atoms with Crippen LogP contribution in [0, 0.1) is 15.9 Å². The molecule has 86 valence electrons. The highest BCUT2D eigenvalue weighted by Gasteiger charge is 2.21. The third-order valence-electron chi connectivity index (χ3n) is 1.92. The van der Waals surface area contributed by atoms with E-state index in [1.807, 2.05) is 0 Å². The van der Waals surface area contributed by atoms with Crippen LogP contribution in [-0.4, -0.2) is 18.0 Å². The molecule has 0 bridgehead atoms. The molecule has 0 spiro atoms. The molecule has 0 aromatic heterocycles. The highest BCUT2D eigenvalue weighted by atomic mass is 79.9. The van der Waals surface area contributed by atoms with Crippen molar-refractivity contribution in [1.82, 2.24) is 0 Å². The van der Waals surface area contributed by atoms with Crippen molar-refractivity contribution in [2.45, 2.75) is 5.33 Å². The number of hydrogen-bond acceptors (Lipinski definition) is 4. The van der Waals surface area contributed by atoms with E-state index in [1.54, 1.807) is 0 Å². The average Bonchev–Trinajstić information content (AvgIpc) is 2.27. The molecule has 0 heterocycles. The quantitative estimate of drug-likeness (QED) is 0.371. The van der Waals surface area contributed by atoms with Crippen LogP contribution in [0.1, 0.15) is 15.9 Å². The molecular weight excluding hydrogens is 285 g/mol. The van der Waals surface area contributed by atoms with E-state index >= 15 is 0 Å². The normalized spacial score (nSPS) is 9.94. The number of nitrogens with zero attached hydrogens (tertiary/aromatic N) is 1. The van der Waals surface area contributed by atoms with E-state index in [4.69, 9.17) is 0 Å². The van der Waals surface area contributed by atoms with Gasteiger partial charge >= 0.3 is 11.7 Å². The van der Waals surface area contributed by atoms with Crippen LogP contribution in [0.15, 0.2) is 12.1 Å². The molecule has 0 saturated carbocycles. The number of hydrogen-bond donors (Lipinski definition) is 0. The zero-order chi connectivity index (χ0) is 12.3. The van der Waals surface area contributed by atoms with Crippen LogP contribution < -0.4 is 0 Å². The maximum atomic E-state index is 13.2. The van der Waals surface area contributed by atoms with E-state index in [0.29, 0.717) is 5.56 Å². The van der Waals surface area contributed by atoms with E-state index in [-0.39, 0.29) is 10.9 Å². The Bertz CT molecular complexity index is 449. The predicted molar refractivity (Wildman–Crippen MR) is 57.0 cm³/mol. The fourth-order valence-electron chi connectivity index (χ4n) is 1.15. The summed E-state index contributed by atoms with van der Waals surface area (Å²) < 4.78 is 17.7. The SMILES string of the molecule is COC(=O)c1cc([N+](=O)[O-])c(F)cc1CBr. The number of rotatable bonds is 3. The fourth-order valence-corrected chi connectivity index (χ4v) is 1.62. The maximum Gasteiger partial charge on any atom is 0.338 e. The first-order valence-electron chi connectivity index (χ1n) is 4.12. The van der Waals surface area contributed by atoms with Crippen molar-refractivity contribution >= 4 is 27.6 Å². The molecule has 1 rings (SSSR count). The van der Waals surface area contributed by atoms with Gasteiger partial charge in [-0.2, -0.15) is 4.39 Å². The van der Waals surface area contributed by atoms with Gasteiger partial charge < -0.3 is 4.74 Å². The molecule has 0 unspecified atom stereocenters. The number of methoxy groups -OCH3 is 1. The second-order valence-electron chi connectivity index (χ2n) is 2.84. The van der Waals surface area contributed by atoms with Crippen molar-refractivity contribution in [3.63, 3.8) is 0 Å². The Hall–Kier alpha value is -1.50. The van der Waals surface area contributed by atoms with E-state index < -0.39 is 22.4 Å². The zero-order valence-corrected chi connectivity index (χ0v) is 9.78. The number of halogens is 2. The summed E-state index contributed by atoms with van der Waals surface area (Å²) in [4.78, 5) is 20.9. The third kappa shape index (κ3) is 2.35. The summed E-state index contributed by atoms with van der Waals surface area (Å²) in [5.41, 5.74) is -0.465. The molecule has 7 heteroatoms. The minimum absolute atomic E-state index is 0.0209. The van der Waals surface area contributed by atoms with Crippen LogP contribution >= 0.6 is 15.9 Å².